The number of aryl methyl sites for hydroxylation is 1. The SMILES string of the molecule is COC1CC(CC(=O)O)N(C(=O)c2sccc2C)C1. The number of thiophene rings is 1. The van der Waals surface area contributed by atoms with Gasteiger partial charge in [0.15, 0.2) is 0 Å². The van der Waals surface area contributed by atoms with Crippen LogP contribution in [0.2, 0.25) is 0 Å². The molecule has 0 aliphatic carbocycles. The third-order valence-electron chi connectivity index (χ3n) is 3.44. The van der Waals surface area contributed by atoms with E-state index in [1.165, 1.54) is 11.3 Å². The van der Waals surface area contributed by atoms with Gasteiger partial charge in [-0.15, -0.1) is 11.3 Å². The zero-order chi connectivity index (χ0) is 14.0. The Hall–Kier alpha value is -1.40. The molecule has 2 atom stereocenters. The summed E-state index contributed by atoms with van der Waals surface area (Å²) in [5, 5.41) is 10.8. The molecule has 0 spiro atoms. The van der Waals surface area contributed by atoms with Gasteiger partial charge in [-0.3, -0.25) is 9.59 Å². The number of carboxylic acids is 1. The van der Waals surface area contributed by atoms with Gasteiger partial charge in [0.05, 0.1) is 17.4 Å². The van der Waals surface area contributed by atoms with Crippen molar-refractivity contribution in [1.82, 2.24) is 4.90 Å². The first kappa shape index (κ1) is 14.0. The predicted octanol–water partition coefficient (Wildman–Crippen LogP) is 1.76. The van der Waals surface area contributed by atoms with Crippen LogP contribution < -0.4 is 0 Å². The number of carbonyl (C=O) groups is 2. The number of carbonyl (C=O) groups excluding carboxylic acids is 1. The minimum absolute atomic E-state index is 0.0317. The third-order valence-corrected chi connectivity index (χ3v) is 4.44. The average Bonchev–Trinajstić information content (AvgIpc) is 2.94. The summed E-state index contributed by atoms with van der Waals surface area (Å²) in [7, 11) is 1.59. The highest BCUT2D eigenvalue weighted by molar-refractivity contribution is 7.12. The van der Waals surface area contributed by atoms with Gasteiger partial charge >= 0.3 is 5.97 Å². The standard InChI is InChI=1S/C13H17NO4S/c1-8-3-4-19-12(8)13(17)14-7-10(18-2)5-9(14)6-11(15)16/h3-4,9-10H,5-7H2,1-2H3,(H,15,16). The highest BCUT2D eigenvalue weighted by Gasteiger charge is 2.37. The number of hydrogen-bond acceptors (Lipinski definition) is 4. The van der Waals surface area contributed by atoms with Crippen molar-refractivity contribution in [3.8, 4) is 0 Å². The number of likely N-dealkylation sites (tertiary alicyclic amines) is 1. The van der Waals surface area contributed by atoms with Crippen molar-refractivity contribution in [2.75, 3.05) is 13.7 Å². The Morgan fingerprint density at radius 1 is 1.58 bits per heavy atom. The Kier molecular flexibility index (Phi) is 4.21. The number of rotatable bonds is 4. The van der Waals surface area contributed by atoms with E-state index in [1.807, 2.05) is 18.4 Å². The molecule has 0 aromatic carbocycles. The fourth-order valence-electron chi connectivity index (χ4n) is 2.41. The zero-order valence-electron chi connectivity index (χ0n) is 11.0. The van der Waals surface area contributed by atoms with E-state index in [0.29, 0.717) is 17.8 Å². The van der Waals surface area contributed by atoms with E-state index in [9.17, 15) is 9.59 Å². The number of carboxylic acid groups (broad SMARTS) is 1. The smallest absolute Gasteiger partial charge is 0.305 e. The maximum Gasteiger partial charge on any atom is 0.305 e. The van der Waals surface area contributed by atoms with Crippen LogP contribution in [-0.2, 0) is 9.53 Å². The molecule has 2 rings (SSSR count). The van der Waals surface area contributed by atoms with E-state index in [-0.39, 0.29) is 24.5 Å². The van der Waals surface area contributed by atoms with Crippen LogP contribution in [0.5, 0.6) is 0 Å². The van der Waals surface area contributed by atoms with Crippen LogP contribution in [0, 0.1) is 6.92 Å². The number of nitrogens with zero attached hydrogens (tertiary/aromatic N) is 1. The molecule has 0 saturated carbocycles. The fraction of sp³-hybridized carbons (Fsp3) is 0.538. The van der Waals surface area contributed by atoms with Gasteiger partial charge in [0.25, 0.3) is 5.91 Å². The molecular weight excluding hydrogens is 266 g/mol. The summed E-state index contributed by atoms with van der Waals surface area (Å²) >= 11 is 1.39. The number of methoxy groups -OCH3 is 1. The second kappa shape index (κ2) is 5.71. The van der Waals surface area contributed by atoms with Crippen molar-refractivity contribution in [3.05, 3.63) is 21.9 Å². The van der Waals surface area contributed by atoms with Crippen LogP contribution in [0.25, 0.3) is 0 Å². The first-order chi connectivity index (χ1) is 9.02. The zero-order valence-corrected chi connectivity index (χ0v) is 11.8. The summed E-state index contributed by atoms with van der Waals surface area (Å²) in [5.41, 5.74) is 0.935. The Morgan fingerprint density at radius 3 is 2.84 bits per heavy atom. The summed E-state index contributed by atoms with van der Waals surface area (Å²) in [4.78, 5) is 25.7. The lowest BCUT2D eigenvalue weighted by molar-refractivity contribution is -0.137. The minimum Gasteiger partial charge on any atom is -0.481 e. The lowest BCUT2D eigenvalue weighted by atomic mass is 10.1. The topological polar surface area (TPSA) is 66.8 Å². The van der Waals surface area contributed by atoms with Crippen LogP contribution in [0.3, 0.4) is 0 Å². The number of ether oxygens (including phenoxy) is 1. The van der Waals surface area contributed by atoms with Crippen LogP contribution in [-0.4, -0.2) is 47.7 Å². The van der Waals surface area contributed by atoms with E-state index >= 15 is 0 Å². The van der Waals surface area contributed by atoms with Gasteiger partial charge in [0.1, 0.15) is 0 Å². The quantitative estimate of drug-likeness (QED) is 0.914. The molecule has 1 aromatic rings. The summed E-state index contributed by atoms with van der Waals surface area (Å²) < 4.78 is 5.27. The minimum atomic E-state index is -0.887. The lowest BCUT2D eigenvalue weighted by Gasteiger charge is -2.22. The molecule has 6 heteroatoms. The van der Waals surface area contributed by atoms with Crippen LogP contribution in [0.15, 0.2) is 11.4 Å². The highest BCUT2D eigenvalue weighted by atomic mass is 32.1. The van der Waals surface area contributed by atoms with Crippen LogP contribution in [0.4, 0.5) is 0 Å². The molecule has 1 aromatic heterocycles. The van der Waals surface area contributed by atoms with Gasteiger partial charge in [-0.2, -0.15) is 0 Å². The van der Waals surface area contributed by atoms with Crippen molar-refractivity contribution in [2.45, 2.75) is 31.9 Å². The lowest BCUT2D eigenvalue weighted by Crippen LogP contribution is -2.37. The molecule has 1 saturated heterocycles. The van der Waals surface area contributed by atoms with E-state index < -0.39 is 5.97 Å². The second-order valence-corrected chi connectivity index (χ2v) is 5.65. The fourth-order valence-corrected chi connectivity index (χ4v) is 3.29. The maximum atomic E-state index is 12.5. The first-order valence-corrected chi connectivity index (χ1v) is 7.00. The molecule has 2 heterocycles. The van der Waals surface area contributed by atoms with Crippen molar-refractivity contribution < 1.29 is 19.4 Å². The van der Waals surface area contributed by atoms with E-state index in [0.717, 1.165) is 5.56 Å². The van der Waals surface area contributed by atoms with Crippen molar-refractivity contribution in [1.29, 1.82) is 0 Å². The normalized spacial score (nSPS) is 22.7. The summed E-state index contributed by atoms with van der Waals surface area (Å²) in [6, 6.07) is 1.62. The van der Waals surface area contributed by atoms with Gasteiger partial charge < -0.3 is 14.7 Å². The molecule has 1 aliphatic heterocycles. The predicted molar refractivity (Wildman–Crippen MR) is 71.5 cm³/mol. The Labute approximate surface area is 115 Å². The molecule has 1 aliphatic rings. The van der Waals surface area contributed by atoms with E-state index in [2.05, 4.69) is 0 Å². The summed E-state index contributed by atoms with van der Waals surface area (Å²) in [6.45, 7) is 2.35. The molecule has 0 radical (unpaired) electrons. The largest absolute Gasteiger partial charge is 0.481 e. The van der Waals surface area contributed by atoms with Gasteiger partial charge in [0.2, 0.25) is 0 Å². The highest BCUT2D eigenvalue weighted by Crippen LogP contribution is 2.27. The first-order valence-electron chi connectivity index (χ1n) is 6.12. The van der Waals surface area contributed by atoms with Gasteiger partial charge in [-0.05, 0) is 30.4 Å². The molecule has 1 fully saturated rings. The molecule has 104 valence electrons. The Bertz CT molecular complexity index is 485. The number of hydrogen-bond donors (Lipinski definition) is 1. The van der Waals surface area contributed by atoms with Gasteiger partial charge in [-0.25, -0.2) is 0 Å². The van der Waals surface area contributed by atoms with Crippen molar-refractivity contribution in [3.63, 3.8) is 0 Å². The molecule has 1 N–H and O–H groups in total. The Balaban J connectivity index is 2.18. The molecule has 19 heavy (non-hydrogen) atoms. The van der Waals surface area contributed by atoms with Gasteiger partial charge in [0, 0.05) is 19.7 Å². The van der Waals surface area contributed by atoms with Gasteiger partial charge in [-0.1, -0.05) is 0 Å². The van der Waals surface area contributed by atoms with E-state index in [1.54, 1.807) is 12.0 Å². The molecule has 2 unspecified atom stereocenters. The second-order valence-electron chi connectivity index (χ2n) is 4.74. The van der Waals surface area contributed by atoms with Crippen molar-refractivity contribution >= 4 is 23.2 Å². The number of aliphatic carboxylic acids is 1. The molecular formula is C13H17NO4S. The van der Waals surface area contributed by atoms with Crippen LogP contribution in [0.1, 0.15) is 28.1 Å². The van der Waals surface area contributed by atoms with E-state index in [4.69, 9.17) is 9.84 Å². The summed E-state index contributed by atoms with van der Waals surface area (Å²) in [5.74, 6) is -0.972. The average molecular weight is 283 g/mol. The third kappa shape index (κ3) is 2.96. The molecule has 5 nitrogen and oxygen atoms in total. The monoisotopic (exact) mass is 283 g/mol. The number of amides is 1. The molecule has 0 bridgehead atoms. The summed E-state index contributed by atoms with van der Waals surface area (Å²) in [6.07, 6.45) is 0.475. The molecule has 1 amide bonds. The Morgan fingerprint density at radius 2 is 2.32 bits per heavy atom. The van der Waals surface area contributed by atoms with Crippen molar-refractivity contribution in [2.24, 2.45) is 0 Å². The van der Waals surface area contributed by atoms with Crippen LogP contribution >= 0.6 is 11.3 Å². The maximum absolute atomic E-state index is 12.5.